The summed E-state index contributed by atoms with van der Waals surface area (Å²) in [5, 5.41) is 2.16. The molecule has 0 fully saturated rings. The van der Waals surface area contributed by atoms with Gasteiger partial charge in [-0.05, 0) is 0 Å². The van der Waals surface area contributed by atoms with E-state index in [9.17, 15) is 0 Å². The van der Waals surface area contributed by atoms with Gasteiger partial charge in [0, 0.05) is 0 Å². The number of thiol groups is 1. The molecule has 5 heavy (non-hydrogen) atoms. The first-order valence-electron chi connectivity index (χ1n) is 0.974. The summed E-state index contributed by atoms with van der Waals surface area (Å²) >= 11 is 3.46. The third-order valence-corrected chi connectivity index (χ3v) is 0.230. The molecule has 0 atom stereocenters. The van der Waals surface area contributed by atoms with Crippen molar-refractivity contribution in [3.8, 4) is 17.1 Å². The third-order valence-electron chi connectivity index (χ3n) is 0.118. The predicted octanol–water partition coefficient (Wildman–Crippen LogP) is 0.467. The van der Waals surface area contributed by atoms with Crippen LogP contribution in [-0.4, -0.2) is 0 Å². The molecular formula is C4HS+. The second kappa shape index (κ2) is 3.69. The molecule has 0 aromatic heterocycles. The summed E-state index contributed by atoms with van der Waals surface area (Å²) < 4.78 is 0. The molecule has 0 aliphatic rings. The SMILES string of the molecule is [C+]#CC#CS. The van der Waals surface area contributed by atoms with Crippen molar-refractivity contribution in [2.45, 2.75) is 0 Å². The van der Waals surface area contributed by atoms with Gasteiger partial charge < -0.3 is 0 Å². The average molecular weight is 81.1 g/mol. The van der Waals surface area contributed by atoms with Crippen molar-refractivity contribution in [2.75, 3.05) is 0 Å². The van der Waals surface area contributed by atoms with E-state index in [4.69, 9.17) is 6.42 Å². The van der Waals surface area contributed by atoms with E-state index in [1.165, 1.54) is 0 Å². The molecular weight excluding hydrogens is 80.1 g/mol. The molecule has 0 aromatic carbocycles. The molecule has 0 aliphatic carbocycles. The van der Waals surface area contributed by atoms with Crippen molar-refractivity contribution in [3.63, 3.8) is 0 Å². The topological polar surface area (TPSA) is 0 Å². The second-order valence-corrected chi connectivity index (χ2v) is 0.585. The van der Waals surface area contributed by atoms with E-state index >= 15 is 0 Å². The number of hydrogen-bond acceptors (Lipinski definition) is 1. The molecule has 0 radical (unpaired) electrons. The van der Waals surface area contributed by atoms with Gasteiger partial charge in [0.1, 0.15) is 0 Å². The molecule has 0 spiro atoms. The Kier molecular flexibility index (Phi) is 3.46. The maximum atomic E-state index is 6.13. The molecule has 1 heteroatoms. The van der Waals surface area contributed by atoms with Gasteiger partial charge in [0.05, 0.1) is 0 Å². The van der Waals surface area contributed by atoms with E-state index < -0.39 is 0 Å². The molecule has 0 rings (SSSR count). The van der Waals surface area contributed by atoms with Gasteiger partial charge >= 0.3 is 36.1 Å². The average Bonchev–Trinajstić information content (AvgIpc) is 1.41. The van der Waals surface area contributed by atoms with Crippen LogP contribution in [0.5, 0.6) is 0 Å². The first-order chi connectivity index (χ1) is 2.41. The van der Waals surface area contributed by atoms with Gasteiger partial charge in [-0.25, -0.2) is 0 Å². The van der Waals surface area contributed by atoms with Crippen LogP contribution >= 0.6 is 12.6 Å². The minimum atomic E-state index is 1.83. The third kappa shape index (κ3) is 3.69. The van der Waals surface area contributed by atoms with Crippen LogP contribution in [-0.2, 0) is 0 Å². The molecule has 22 valence electrons. The summed E-state index contributed by atoms with van der Waals surface area (Å²) in [6.07, 6.45) is 6.13. The van der Waals surface area contributed by atoms with Crippen LogP contribution in [0, 0.1) is 23.5 Å². The van der Waals surface area contributed by atoms with E-state index in [0.29, 0.717) is 0 Å². The summed E-state index contributed by atoms with van der Waals surface area (Å²) in [5.41, 5.74) is 0. The summed E-state index contributed by atoms with van der Waals surface area (Å²) in [6.45, 7) is 0. The standard InChI is InChI=1S/C4S/c1-2-3-4-5/p+1. The van der Waals surface area contributed by atoms with Crippen molar-refractivity contribution in [2.24, 2.45) is 0 Å². The Morgan fingerprint density at radius 2 is 2.20 bits per heavy atom. The first-order valence-corrected chi connectivity index (χ1v) is 1.42. The molecule has 0 saturated heterocycles. The predicted molar refractivity (Wildman–Crippen MR) is 23.9 cm³/mol. The number of rotatable bonds is 0. The van der Waals surface area contributed by atoms with Crippen molar-refractivity contribution < 1.29 is 0 Å². The Morgan fingerprint density at radius 3 is 2.20 bits per heavy atom. The molecule has 0 bridgehead atoms. The van der Waals surface area contributed by atoms with Gasteiger partial charge in [-0.2, -0.15) is 0 Å². The zero-order valence-corrected chi connectivity index (χ0v) is 3.34. The second-order valence-electron chi connectivity index (χ2n) is 0.362. The Hall–Kier alpha value is -0.310. The molecule has 0 unspecified atom stereocenters. The maximum absolute atomic E-state index is 6.13. The van der Waals surface area contributed by atoms with E-state index in [2.05, 4.69) is 23.8 Å². The van der Waals surface area contributed by atoms with E-state index in [0.717, 1.165) is 0 Å². The zero-order chi connectivity index (χ0) is 4.12. The fourth-order valence-corrected chi connectivity index (χ4v) is 0.0839. The normalized spacial score (nSPS) is 3.80. The van der Waals surface area contributed by atoms with Crippen LogP contribution in [0.25, 0.3) is 0 Å². The van der Waals surface area contributed by atoms with Crippen molar-refractivity contribution >= 4 is 12.6 Å². The van der Waals surface area contributed by atoms with E-state index in [-0.39, 0.29) is 0 Å². The Labute approximate surface area is 37.0 Å². The molecule has 0 saturated carbocycles. The van der Waals surface area contributed by atoms with Crippen LogP contribution in [0.3, 0.4) is 0 Å². The van der Waals surface area contributed by atoms with Crippen molar-refractivity contribution in [1.82, 2.24) is 0 Å². The van der Waals surface area contributed by atoms with Gasteiger partial charge in [-0.15, -0.1) is 0 Å². The molecule has 0 aromatic rings. The first kappa shape index (κ1) is 4.69. The van der Waals surface area contributed by atoms with Crippen LogP contribution in [0.15, 0.2) is 0 Å². The Morgan fingerprint density at radius 1 is 1.60 bits per heavy atom. The fraction of sp³-hybridized carbons (Fsp3) is 0. The molecule has 0 heterocycles. The summed E-state index contributed by atoms with van der Waals surface area (Å²) in [5.74, 6) is 3.97. The number of hydrogen-bond donors (Lipinski definition) is 1. The molecule has 0 nitrogen and oxygen atoms in total. The summed E-state index contributed by atoms with van der Waals surface area (Å²) in [4.78, 5) is 0. The van der Waals surface area contributed by atoms with E-state index in [1.54, 1.807) is 0 Å². The molecule has 0 N–H and O–H groups in total. The minimum absolute atomic E-state index is 1.83. The Bertz CT molecular complexity index is 97.0. The fourth-order valence-electron chi connectivity index (χ4n) is 0.0280. The molecule has 0 aliphatic heterocycles. The Balaban J connectivity index is 3.30. The summed E-state index contributed by atoms with van der Waals surface area (Å²) in [7, 11) is 0. The van der Waals surface area contributed by atoms with Gasteiger partial charge in [-0.1, -0.05) is 0 Å². The zero-order valence-electron chi connectivity index (χ0n) is 2.45. The summed E-state index contributed by atoms with van der Waals surface area (Å²) in [6, 6.07) is 0. The van der Waals surface area contributed by atoms with Crippen molar-refractivity contribution in [1.29, 1.82) is 0 Å². The quantitative estimate of drug-likeness (QED) is 0.244. The monoisotopic (exact) mass is 81.0 g/mol. The van der Waals surface area contributed by atoms with Gasteiger partial charge in [0.2, 0.25) is 0 Å². The van der Waals surface area contributed by atoms with Crippen molar-refractivity contribution in [3.05, 3.63) is 6.42 Å². The van der Waals surface area contributed by atoms with Crippen LogP contribution in [0.1, 0.15) is 0 Å². The van der Waals surface area contributed by atoms with Crippen LogP contribution in [0.4, 0.5) is 0 Å². The van der Waals surface area contributed by atoms with Gasteiger partial charge in [0.15, 0.2) is 0 Å². The van der Waals surface area contributed by atoms with Gasteiger partial charge in [0.25, 0.3) is 0 Å². The van der Waals surface area contributed by atoms with E-state index in [1.807, 2.05) is 5.92 Å². The van der Waals surface area contributed by atoms with Crippen LogP contribution < -0.4 is 0 Å². The van der Waals surface area contributed by atoms with Crippen LogP contribution in [0.2, 0.25) is 0 Å². The van der Waals surface area contributed by atoms with Gasteiger partial charge in [-0.3, -0.25) is 0 Å². The molecule has 0 amide bonds.